The number of nitrogens with one attached hydrogen (secondary N) is 1. The molecule has 0 saturated carbocycles. The third-order valence-corrected chi connectivity index (χ3v) is 7.74. The number of carbonyl (C=O) groups is 4. The highest BCUT2D eigenvalue weighted by molar-refractivity contribution is 7.09. The van der Waals surface area contributed by atoms with Crippen molar-refractivity contribution < 1.29 is 28.8 Å². The fourth-order valence-corrected chi connectivity index (χ4v) is 5.63. The lowest BCUT2D eigenvalue weighted by molar-refractivity contribution is -0.0588. The Kier molecular flexibility index (Phi) is 6.16. The highest BCUT2D eigenvalue weighted by atomic mass is 32.1. The van der Waals surface area contributed by atoms with Crippen LogP contribution in [0.15, 0.2) is 78.2 Å². The van der Waals surface area contributed by atoms with E-state index in [2.05, 4.69) is 22.4 Å². The molecule has 1 aromatic heterocycles. The highest BCUT2D eigenvalue weighted by Crippen LogP contribution is 2.44. The summed E-state index contributed by atoms with van der Waals surface area (Å²) in [6, 6.07) is 21.8. The molecule has 6 rings (SSSR count). The van der Waals surface area contributed by atoms with Gasteiger partial charge in [-0.3, -0.25) is 9.59 Å². The molecule has 3 aromatic carbocycles. The quantitative estimate of drug-likeness (QED) is 0.339. The van der Waals surface area contributed by atoms with Crippen molar-refractivity contribution in [3.63, 3.8) is 0 Å². The Morgan fingerprint density at radius 3 is 2.03 bits per heavy atom. The van der Waals surface area contributed by atoms with Crippen LogP contribution in [0, 0.1) is 0 Å². The summed E-state index contributed by atoms with van der Waals surface area (Å²) < 4.78 is 5.58. The van der Waals surface area contributed by atoms with Gasteiger partial charge >= 0.3 is 12.1 Å². The van der Waals surface area contributed by atoms with Crippen molar-refractivity contribution in [3.05, 3.63) is 111 Å². The molecule has 0 bridgehead atoms. The van der Waals surface area contributed by atoms with Crippen LogP contribution in [0.4, 0.5) is 4.79 Å². The molecule has 0 spiro atoms. The maximum Gasteiger partial charge on any atom is 0.407 e. The number of fused-ring (bicyclic) bond motifs is 4. The van der Waals surface area contributed by atoms with Crippen LogP contribution in [0.5, 0.6) is 0 Å². The minimum Gasteiger partial charge on any atom is -0.449 e. The highest BCUT2D eigenvalue weighted by Gasteiger charge is 2.39. The lowest BCUT2D eigenvalue weighted by Crippen LogP contribution is -2.33. The first kappa shape index (κ1) is 24.5. The summed E-state index contributed by atoms with van der Waals surface area (Å²) in [7, 11) is 0. The number of imide groups is 1. The van der Waals surface area contributed by atoms with E-state index in [1.807, 2.05) is 36.4 Å². The normalized spacial score (nSPS) is 14.4. The molecule has 1 unspecified atom stereocenters. The average Bonchev–Trinajstić information content (AvgIpc) is 3.63. The zero-order valence-corrected chi connectivity index (χ0v) is 21.4. The number of carbonyl (C=O) groups excluding carboxylic acids is 4. The molecule has 1 N–H and O–H groups in total. The number of benzene rings is 3. The minimum absolute atomic E-state index is 0.0677. The second-order valence-electron chi connectivity index (χ2n) is 9.09. The first-order valence-corrected chi connectivity index (χ1v) is 13.1. The van der Waals surface area contributed by atoms with Crippen LogP contribution in [0.2, 0.25) is 0 Å². The molecule has 4 aromatic rings. The zero-order chi connectivity index (χ0) is 27.1. The van der Waals surface area contributed by atoms with Crippen molar-refractivity contribution >= 4 is 35.2 Å². The smallest absolute Gasteiger partial charge is 0.407 e. The molecular formula is C29H21N3O6S. The van der Waals surface area contributed by atoms with E-state index in [1.165, 1.54) is 17.5 Å². The Balaban J connectivity index is 1.07. The van der Waals surface area contributed by atoms with Crippen molar-refractivity contribution in [2.24, 2.45) is 0 Å². The van der Waals surface area contributed by atoms with E-state index in [4.69, 9.17) is 9.57 Å². The molecule has 1 aliphatic carbocycles. The van der Waals surface area contributed by atoms with E-state index in [1.54, 1.807) is 19.1 Å². The predicted octanol–water partition coefficient (Wildman–Crippen LogP) is 5.11. The summed E-state index contributed by atoms with van der Waals surface area (Å²) in [6.07, 6.45) is -0.616. The number of amides is 3. The number of ether oxygens (including phenoxy) is 1. The molecule has 0 radical (unpaired) electrons. The van der Waals surface area contributed by atoms with Crippen LogP contribution < -0.4 is 5.32 Å². The fraction of sp³-hybridized carbons (Fsp3) is 0.138. The average molecular weight is 540 g/mol. The van der Waals surface area contributed by atoms with Gasteiger partial charge in [0.05, 0.1) is 17.2 Å². The van der Waals surface area contributed by atoms with Crippen LogP contribution in [0.25, 0.3) is 11.1 Å². The van der Waals surface area contributed by atoms with E-state index in [-0.39, 0.29) is 29.3 Å². The molecule has 1 aliphatic heterocycles. The summed E-state index contributed by atoms with van der Waals surface area (Å²) in [5, 5.41) is 5.04. The molecule has 39 heavy (non-hydrogen) atoms. The van der Waals surface area contributed by atoms with Gasteiger partial charge in [-0.25, -0.2) is 14.6 Å². The summed E-state index contributed by atoms with van der Waals surface area (Å²) in [6.45, 7) is 1.88. The van der Waals surface area contributed by atoms with Gasteiger partial charge in [0.15, 0.2) is 5.69 Å². The number of hydrogen-bond donors (Lipinski definition) is 1. The van der Waals surface area contributed by atoms with Gasteiger partial charge in [-0.2, -0.15) is 0 Å². The van der Waals surface area contributed by atoms with Gasteiger partial charge in [-0.15, -0.1) is 11.3 Å². The van der Waals surface area contributed by atoms with Gasteiger partial charge in [0.25, 0.3) is 11.8 Å². The van der Waals surface area contributed by atoms with Crippen LogP contribution in [0.3, 0.4) is 0 Å². The maximum absolute atomic E-state index is 12.6. The third-order valence-electron chi connectivity index (χ3n) is 6.71. The molecule has 194 valence electrons. The molecule has 10 heteroatoms. The van der Waals surface area contributed by atoms with Gasteiger partial charge in [0, 0.05) is 11.3 Å². The molecule has 0 saturated heterocycles. The van der Waals surface area contributed by atoms with E-state index < -0.39 is 29.9 Å². The van der Waals surface area contributed by atoms with E-state index >= 15 is 0 Å². The van der Waals surface area contributed by atoms with Crippen molar-refractivity contribution in [1.82, 2.24) is 15.4 Å². The summed E-state index contributed by atoms with van der Waals surface area (Å²) in [4.78, 5) is 59.4. The maximum atomic E-state index is 12.6. The predicted molar refractivity (Wildman–Crippen MR) is 141 cm³/mol. The number of aromatic nitrogens is 1. The number of hydroxylamine groups is 2. The summed E-state index contributed by atoms with van der Waals surface area (Å²) in [5.74, 6) is -2.46. The molecule has 2 heterocycles. The van der Waals surface area contributed by atoms with Gasteiger partial charge in [-0.1, -0.05) is 65.7 Å². The second kappa shape index (κ2) is 9.80. The second-order valence-corrected chi connectivity index (χ2v) is 9.98. The summed E-state index contributed by atoms with van der Waals surface area (Å²) >= 11 is 1.13. The van der Waals surface area contributed by atoms with Crippen LogP contribution in [0.1, 0.15) is 66.2 Å². The van der Waals surface area contributed by atoms with Crippen LogP contribution in [-0.2, 0) is 9.57 Å². The van der Waals surface area contributed by atoms with Crippen LogP contribution >= 0.6 is 11.3 Å². The molecule has 3 amide bonds. The van der Waals surface area contributed by atoms with Crippen molar-refractivity contribution in [2.75, 3.05) is 6.61 Å². The Labute approximate surface area is 227 Å². The van der Waals surface area contributed by atoms with Gasteiger partial charge < -0.3 is 14.9 Å². The topological polar surface area (TPSA) is 115 Å². The molecule has 2 aliphatic rings. The van der Waals surface area contributed by atoms with E-state index in [9.17, 15) is 19.2 Å². The first-order chi connectivity index (χ1) is 18.9. The molecule has 9 nitrogen and oxygen atoms in total. The Hall–Kier alpha value is -4.83. The lowest BCUT2D eigenvalue weighted by Gasteiger charge is -2.16. The number of nitrogens with zero attached hydrogens (tertiary/aromatic N) is 2. The summed E-state index contributed by atoms with van der Waals surface area (Å²) in [5.41, 5.74) is 4.73. The third kappa shape index (κ3) is 4.34. The molecule has 0 fully saturated rings. The zero-order valence-electron chi connectivity index (χ0n) is 20.6. The monoisotopic (exact) mass is 539 g/mol. The fourth-order valence-electron chi connectivity index (χ4n) is 4.84. The Morgan fingerprint density at radius 1 is 0.897 bits per heavy atom. The van der Waals surface area contributed by atoms with Crippen molar-refractivity contribution in [1.29, 1.82) is 0 Å². The van der Waals surface area contributed by atoms with E-state index in [0.29, 0.717) is 10.1 Å². The Morgan fingerprint density at radius 2 is 1.44 bits per heavy atom. The number of thiazole rings is 1. The van der Waals surface area contributed by atoms with Gasteiger partial charge in [0.1, 0.15) is 11.6 Å². The SMILES string of the molecule is CC(NC(=O)OCC1c2ccccc2-c2ccccc21)c1nc(C(=O)ON2C(=O)c3ccccc3C2=O)cs1. The minimum atomic E-state index is -0.958. The van der Waals surface area contributed by atoms with Crippen molar-refractivity contribution in [3.8, 4) is 11.1 Å². The number of alkyl carbamates (subject to hydrolysis) is 1. The van der Waals surface area contributed by atoms with Gasteiger partial charge in [-0.05, 0) is 41.3 Å². The standard InChI is InChI=1S/C29H21N3O6S/c1-16(30-29(36)37-14-23-19-10-4-2-8-17(19)18-9-3-5-11-20(18)23)25-31-24(15-39-25)28(35)38-32-26(33)21-12-6-7-13-22(21)27(32)34/h2-13,15-16,23H,14H2,1H3,(H,30,36). The molecular weight excluding hydrogens is 518 g/mol. The number of rotatable bonds is 6. The van der Waals surface area contributed by atoms with Crippen molar-refractivity contribution in [2.45, 2.75) is 18.9 Å². The first-order valence-electron chi connectivity index (χ1n) is 12.2. The van der Waals surface area contributed by atoms with Gasteiger partial charge in [0.2, 0.25) is 0 Å². The lowest BCUT2D eigenvalue weighted by atomic mass is 9.98. The Bertz CT molecular complexity index is 1570. The van der Waals surface area contributed by atoms with Crippen LogP contribution in [-0.4, -0.2) is 40.5 Å². The molecule has 1 atom stereocenters. The largest absolute Gasteiger partial charge is 0.449 e. The van der Waals surface area contributed by atoms with E-state index in [0.717, 1.165) is 33.6 Å². The number of hydrogen-bond acceptors (Lipinski definition) is 8.